The number of hydrogen-bond acceptors (Lipinski definition) is 6. The van der Waals surface area contributed by atoms with Crippen LogP contribution >= 0.6 is 0 Å². The van der Waals surface area contributed by atoms with E-state index in [1.807, 2.05) is 0 Å². The van der Waals surface area contributed by atoms with E-state index in [-0.39, 0.29) is 39.7 Å². The van der Waals surface area contributed by atoms with Gasteiger partial charge in [0.05, 0.1) is 0 Å². The summed E-state index contributed by atoms with van der Waals surface area (Å²) < 4.78 is 6.51. The van der Waals surface area contributed by atoms with Crippen molar-refractivity contribution in [1.29, 1.82) is 0 Å². The molecule has 2 aromatic rings. The van der Waals surface area contributed by atoms with Gasteiger partial charge in [0.1, 0.15) is 0 Å². The van der Waals surface area contributed by atoms with E-state index in [2.05, 4.69) is 0 Å². The van der Waals surface area contributed by atoms with Gasteiger partial charge in [-0.15, -0.1) is 0 Å². The topological polar surface area (TPSA) is 94.6 Å². The maximum Gasteiger partial charge on any atom is 0.255 e. The Labute approximate surface area is 221 Å². The zero-order chi connectivity index (χ0) is 26.4. The first kappa shape index (κ1) is 24.7. The molecule has 0 heterocycles. The van der Waals surface area contributed by atoms with Crippen LogP contribution in [0.5, 0.6) is 0 Å². The highest BCUT2D eigenvalue weighted by Gasteiger charge is 2.61. The lowest BCUT2D eigenvalue weighted by Gasteiger charge is -2.43. The van der Waals surface area contributed by atoms with Gasteiger partial charge in [0, 0.05) is 33.7 Å². The van der Waals surface area contributed by atoms with Crippen molar-refractivity contribution in [3.05, 3.63) is 82.1 Å². The van der Waals surface area contributed by atoms with Crippen LogP contribution in [-0.4, -0.2) is 34.5 Å². The molecule has 0 spiro atoms. The second-order valence-corrected chi connectivity index (χ2v) is 11.0. The molecule has 38 heavy (non-hydrogen) atoms. The number of carbonyl (C=O) groups excluding carboxylic acids is 5. The summed E-state index contributed by atoms with van der Waals surface area (Å²) in [6, 6.07) is 12.9. The molecule has 0 aromatic heterocycles. The molecule has 2 aromatic carbocycles. The molecule has 0 N–H and O–H groups in total. The summed E-state index contributed by atoms with van der Waals surface area (Å²) in [6.45, 7) is 0. The van der Waals surface area contributed by atoms with Crippen molar-refractivity contribution >= 4 is 28.9 Å². The van der Waals surface area contributed by atoms with Crippen molar-refractivity contribution < 1.29 is 28.7 Å². The number of benzene rings is 2. The van der Waals surface area contributed by atoms with Gasteiger partial charge >= 0.3 is 0 Å². The zero-order valence-corrected chi connectivity index (χ0v) is 21.3. The van der Waals surface area contributed by atoms with Crippen LogP contribution in [-0.2, 0) is 9.53 Å². The predicted molar refractivity (Wildman–Crippen MR) is 139 cm³/mol. The molecule has 2 saturated carbocycles. The van der Waals surface area contributed by atoms with Crippen LogP contribution in [0.3, 0.4) is 0 Å². The minimum atomic E-state index is -2.15. The Morgan fingerprint density at radius 1 is 0.553 bits per heavy atom. The Hall–Kier alpha value is -3.67. The molecule has 2 fully saturated rings. The lowest BCUT2D eigenvalue weighted by atomic mass is 9.66. The standard InChI is InChI=1S/C32H30O6/c33-26-21-15-7-8-16-22(21)27(34)29(25(26)19-11-3-1-4-12-19)38-32(20-13-5-2-6-14-20)30(36)24-18-10-9-17-23(24)28(35)31(32)37/h7-10,15-20H,1-6,11-14H2. The Morgan fingerprint density at radius 2 is 1.05 bits per heavy atom. The molecule has 0 aliphatic heterocycles. The van der Waals surface area contributed by atoms with Gasteiger partial charge in [-0.3, -0.25) is 24.0 Å². The maximum atomic E-state index is 14.3. The van der Waals surface area contributed by atoms with E-state index in [1.165, 1.54) is 6.07 Å². The molecule has 6 heteroatoms. The fourth-order valence-corrected chi connectivity index (χ4v) is 6.93. The van der Waals surface area contributed by atoms with Crippen molar-refractivity contribution in [3.63, 3.8) is 0 Å². The summed E-state index contributed by atoms with van der Waals surface area (Å²) in [5.41, 5.74) is -1.17. The molecule has 0 radical (unpaired) electrons. The minimum absolute atomic E-state index is 0.0652. The molecule has 4 aliphatic carbocycles. The van der Waals surface area contributed by atoms with Gasteiger partial charge < -0.3 is 4.74 Å². The first-order chi connectivity index (χ1) is 18.4. The first-order valence-corrected chi connectivity index (χ1v) is 13.8. The van der Waals surface area contributed by atoms with E-state index < -0.39 is 34.7 Å². The molecule has 0 saturated heterocycles. The summed E-state index contributed by atoms with van der Waals surface area (Å²) in [4.78, 5) is 69.6. The third-order valence-electron chi connectivity index (χ3n) is 8.87. The van der Waals surface area contributed by atoms with Crippen molar-refractivity contribution in [1.82, 2.24) is 0 Å². The highest BCUT2D eigenvalue weighted by atomic mass is 16.5. The monoisotopic (exact) mass is 510 g/mol. The third-order valence-corrected chi connectivity index (χ3v) is 8.87. The quantitative estimate of drug-likeness (QED) is 0.376. The average molecular weight is 511 g/mol. The summed E-state index contributed by atoms with van der Waals surface area (Å²) >= 11 is 0. The summed E-state index contributed by atoms with van der Waals surface area (Å²) in [5.74, 6) is -4.05. The highest BCUT2D eigenvalue weighted by Crippen LogP contribution is 2.46. The van der Waals surface area contributed by atoms with Gasteiger partial charge in [-0.25, -0.2) is 0 Å². The first-order valence-electron chi connectivity index (χ1n) is 13.8. The summed E-state index contributed by atoms with van der Waals surface area (Å²) in [6.07, 6.45) is 7.92. The molecule has 6 nitrogen and oxygen atoms in total. The second-order valence-electron chi connectivity index (χ2n) is 11.0. The highest BCUT2D eigenvalue weighted by molar-refractivity contribution is 6.55. The van der Waals surface area contributed by atoms with E-state index in [0.717, 1.165) is 51.4 Å². The van der Waals surface area contributed by atoms with Gasteiger partial charge in [0.25, 0.3) is 5.78 Å². The second kappa shape index (κ2) is 9.57. The normalized spacial score (nSPS) is 24.9. The van der Waals surface area contributed by atoms with Crippen LogP contribution in [0.2, 0.25) is 0 Å². The fourth-order valence-electron chi connectivity index (χ4n) is 6.93. The Bertz CT molecular complexity index is 1400. The number of Topliss-reactive ketones (excluding diaryl/α,β-unsaturated/α-hetero) is 5. The molecule has 0 bridgehead atoms. The van der Waals surface area contributed by atoms with Crippen LogP contribution in [0, 0.1) is 11.8 Å². The molecule has 4 aliphatic rings. The van der Waals surface area contributed by atoms with Gasteiger partial charge in [-0.1, -0.05) is 87.1 Å². The Balaban J connectivity index is 1.57. The number of ketones is 5. The molecule has 6 rings (SSSR count). The lowest BCUT2D eigenvalue weighted by molar-refractivity contribution is -0.136. The minimum Gasteiger partial charge on any atom is -0.466 e. The number of hydrogen-bond donors (Lipinski definition) is 0. The Kier molecular flexibility index (Phi) is 6.21. The SMILES string of the molecule is O=C1C(OC2(C3CCCCC3)C(=O)C(=O)c3ccccc3C2=O)=C(C2CCCCC2)C(=O)c2ccccc21. The van der Waals surface area contributed by atoms with E-state index in [4.69, 9.17) is 4.74 Å². The number of fused-ring (bicyclic) bond motifs is 2. The van der Waals surface area contributed by atoms with Crippen molar-refractivity contribution in [2.75, 3.05) is 0 Å². The van der Waals surface area contributed by atoms with Crippen LogP contribution in [0.4, 0.5) is 0 Å². The third kappa shape index (κ3) is 3.64. The molecular weight excluding hydrogens is 480 g/mol. The predicted octanol–water partition coefficient (Wildman–Crippen LogP) is 5.88. The summed E-state index contributed by atoms with van der Waals surface area (Å²) in [7, 11) is 0. The Morgan fingerprint density at radius 3 is 1.66 bits per heavy atom. The van der Waals surface area contributed by atoms with Gasteiger partial charge in [-0.05, 0) is 31.6 Å². The fraction of sp³-hybridized carbons (Fsp3) is 0.406. The number of rotatable bonds is 4. The number of carbonyl (C=O) groups is 5. The van der Waals surface area contributed by atoms with Crippen LogP contribution in [0.25, 0.3) is 0 Å². The van der Waals surface area contributed by atoms with E-state index in [0.29, 0.717) is 18.4 Å². The molecule has 1 unspecified atom stereocenters. The van der Waals surface area contributed by atoms with Crippen molar-refractivity contribution in [2.24, 2.45) is 11.8 Å². The van der Waals surface area contributed by atoms with E-state index >= 15 is 0 Å². The van der Waals surface area contributed by atoms with Gasteiger partial charge in [0.2, 0.25) is 23.0 Å². The van der Waals surface area contributed by atoms with Gasteiger partial charge in [-0.2, -0.15) is 0 Å². The largest absolute Gasteiger partial charge is 0.466 e. The molecule has 194 valence electrons. The molecule has 0 amide bonds. The van der Waals surface area contributed by atoms with Crippen LogP contribution in [0.15, 0.2) is 59.9 Å². The van der Waals surface area contributed by atoms with Crippen LogP contribution in [0.1, 0.15) is 106 Å². The van der Waals surface area contributed by atoms with Crippen molar-refractivity contribution in [3.8, 4) is 0 Å². The maximum absolute atomic E-state index is 14.3. The smallest absolute Gasteiger partial charge is 0.255 e. The number of ether oxygens (including phenoxy) is 1. The lowest BCUT2D eigenvalue weighted by Crippen LogP contribution is -2.61. The molecule has 1 atom stereocenters. The molecular formula is C32H30O6. The van der Waals surface area contributed by atoms with Gasteiger partial charge in [0.15, 0.2) is 11.5 Å². The van der Waals surface area contributed by atoms with E-state index in [9.17, 15) is 24.0 Å². The average Bonchev–Trinajstić information content (AvgIpc) is 2.97. The van der Waals surface area contributed by atoms with Crippen molar-refractivity contribution in [2.45, 2.75) is 69.8 Å². The van der Waals surface area contributed by atoms with Crippen LogP contribution < -0.4 is 0 Å². The van der Waals surface area contributed by atoms with E-state index in [1.54, 1.807) is 42.5 Å². The summed E-state index contributed by atoms with van der Waals surface area (Å²) in [5, 5.41) is 0. The number of allylic oxidation sites excluding steroid dienone is 2. The zero-order valence-electron chi connectivity index (χ0n) is 21.3.